The molecule has 0 spiro atoms. The number of nitrogens with zero attached hydrogens (tertiary/aromatic N) is 3. The van der Waals surface area contributed by atoms with Crippen LogP contribution in [-0.2, 0) is 16.6 Å². The van der Waals surface area contributed by atoms with Gasteiger partial charge < -0.3 is 5.73 Å². The van der Waals surface area contributed by atoms with Gasteiger partial charge in [-0.2, -0.15) is 9.40 Å². The molecule has 7 heteroatoms. The summed E-state index contributed by atoms with van der Waals surface area (Å²) >= 11 is 0. The number of hydrogen-bond donors (Lipinski definition) is 1. The molecule has 1 aromatic heterocycles. The van der Waals surface area contributed by atoms with E-state index < -0.39 is 10.0 Å². The van der Waals surface area contributed by atoms with Gasteiger partial charge in [0.1, 0.15) is 4.90 Å². The van der Waals surface area contributed by atoms with Crippen LogP contribution < -0.4 is 5.73 Å². The Kier molecular flexibility index (Phi) is 7.34. The highest BCUT2D eigenvalue weighted by molar-refractivity contribution is 7.89. The van der Waals surface area contributed by atoms with Gasteiger partial charge in [-0.1, -0.05) is 33.6 Å². The third kappa shape index (κ3) is 4.79. The van der Waals surface area contributed by atoms with Crippen molar-refractivity contribution in [3.05, 3.63) is 12.4 Å². The summed E-state index contributed by atoms with van der Waals surface area (Å²) in [4.78, 5) is 0.271. The molecule has 0 aromatic carbocycles. The molecule has 0 aliphatic carbocycles. The van der Waals surface area contributed by atoms with Crippen molar-refractivity contribution in [3.63, 3.8) is 0 Å². The van der Waals surface area contributed by atoms with Crippen LogP contribution in [0.15, 0.2) is 17.3 Å². The molecule has 1 aromatic rings. The van der Waals surface area contributed by atoms with Crippen molar-refractivity contribution >= 4 is 10.0 Å². The van der Waals surface area contributed by atoms with Gasteiger partial charge in [0.2, 0.25) is 10.0 Å². The molecular weight excluding hydrogens is 288 g/mol. The SMILES string of the molecule is CCC(CC)CN(CC)S(=O)(=O)c1cnn(CCCN)c1. The summed E-state index contributed by atoms with van der Waals surface area (Å²) < 4.78 is 28.5. The third-order valence-corrected chi connectivity index (χ3v) is 5.70. The molecule has 0 unspecified atom stereocenters. The van der Waals surface area contributed by atoms with Gasteiger partial charge >= 0.3 is 0 Å². The highest BCUT2D eigenvalue weighted by Gasteiger charge is 2.26. The minimum absolute atomic E-state index is 0.271. The first-order valence-electron chi connectivity index (χ1n) is 7.72. The molecule has 0 aliphatic heterocycles. The number of rotatable bonds is 10. The van der Waals surface area contributed by atoms with Crippen LogP contribution in [-0.4, -0.2) is 42.1 Å². The largest absolute Gasteiger partial charge is 0.330 e. The Hall–Kier alpha value is -0.920. The number of sulfonamides is 1. The Morgan fingerprint density at radius 1 is 1.33 bits per heavy atom. The fraction of sp³-hybridized carbons (Fsp3) is 0.786. The summed E-state index contributed by atoms with van der Waals surface area (Å²) in [6.45, 7) is 8.33. The first-order valence-corrected chi connectivity index (χ1v) is 9.16. The Balaban J connectivity index is 2.88. The van der Waals surface area contributed by atoms with Crippen LogP contribution in [0.3, 0.4) is 0 Å². The topological polar surface area (TPSA) is 81.2 Å². The highest BCUT2D eigenvalue weighted by Crippen LogP contribution is 2.19. The average Bonchev–Trinajstić information content (AvgIpc) is 2.95. The van der Waals surface area contributed by atoms with E-state index >= 15 is 0 Å². The Morgan fingerprint density at radius 3 is 2.52 bits per heavy atom. The fourth-order valence-electron chi connectivity index (χ4n) is 2.23. The van der Waals surface area contributed by atoms with Crippen molar-refractivity contribution < 1.29 is 8.42 Å². The van der Waals surface area contributed by atoms with Crippen LogP contribution in [0.25, 0.3) is 0 Å². The molecule has 0 saturated heterocycles. The van der Waals surface area contributed by atoms with E-state index in [-0.39, 0.29) is 4.90 Å². The summed E-state index contributed by atoms with van der Waals surface area (Å²) in [5.41, 5.74) is 5.46. The van der Waals surface area contributed by atoms with Crippen molar-refractivity contribution in [3.8, 4) is 0 Å². The second kappa shape index (κ2) is 8.51. The second-order valence-corrected chi connectivity index (χ2v) is 7.16. The van der Waals surface area contributed by atoms with E-state index in [0.717, 1.165) is 19.3 Å². The highest BCUT2D eigenvalue weighted by atomic mass is 32.2. The lowest BCUT2D eigenvalue weighted by atomic mass is 10.0. The monoisotopic (exact) mass is 316 g/mol. The lowest BCUT2D eigenvalue weighted by Gasteiger charge is -2.24. The van der Waals surface area contributed by atoms with E-state index in [2.05, 4.69) is 18.9 Å². The van der Waals surface area contributed by atoms with Gasteiger partial charge in [0.15, 0.2) is 0 Å². The van der Waals surface area contributed by atoms with Gasteiger partial charge in [0.05, 0.1) is 6.20 Å². The number of aromatic nitrogens is 2. The number of hydrogen-bond acceptors (Lipinski definition) is 4. The molecule has 21 heavy (non-hydrogen) atoms. The Labute approximate surface area is 128 Å². The van der Waals surface area contributed by atoms with Crippen LogP contribution in [0, 0.1) is 5.92 Å². The molecule has 2 N–H and O–H groups in total. The first-order chi connectivity index (χ1) is 9.99. The molecule has 1 rings (SSSR count). The van der Waals surface area contributed by atoms with E-state index in [0.29, 0.717) is 32.1 Å². The second-order valence-electron chi connectivity index (χ2n) is 5.22. The molecule has 0 saturated carbocycles. The molecular formula is C14H28N4O2S. The Bertz CT molecular complexity index is 509. The van der Waals surface area contributed by atoms with Crippen molar-refractivity contribution in [1.82, 2.24) is 14.1 Å². The van der Waals surface area contributed by atoms with Crippen molar-refractivity contribution in [2.45, 2.75) is 51.5 Å². The molecule has 0 amide bonds. The quantitative estimate of drug-likeness (QED) is 0.712. The molecule has 122 valence electrons. The average molecular weight is 316 g/mol. The van der Waals surface area contributed by atoms with E-state index in [1.807, 2.05) is 6.92 Å². The molecule has 6 nitrogen and oxygen atoms in total. The Morgan fingerprint density at radius 2 is 2.00 bits per heavy atom. The summed E-state index contributed by atoms with van der Waals surface area (Å²) in [6.07, 6.45) is 5.78. The standard InChI is InChI=1S/C14H28N4O2S/c1-4-13(5-2)11-18(6-3)21(19,20)14-10-16-17(12-14)9-7-8-15/h10,12-13H,4-9,11,15H2,1-3H3. The van der Waals surface area contributed by atoms with Gasteiger partial charge in [-0.05, 0) is 18.9 Å². The molecule has 1 heterocycles. The van der Waals surface area contributed by atoms with Crippen molar-refractivity contribution in [1.29, 1.82) is 0 Å². The van der Waals surface area contributed by atoms with Gasteiger partial charge in [-0.25, -0.2) is 8.42 Å². The van der Waals surface area contributed by atoms with Gasteiger partial charge in [-0.15, -0.1) is 0 Å². The van der Waals surface area contributed by atoms with E-state index in [1.165, 1.54) is 6.20 Å². The zero-order valence-electron chi connectivity index (χ0n) is 13.3. The fourth-order valence-corrected chi connectivity index (χ4v) is 3.71. The number of nitrogens with two attached hydrogens (primary N) is 1. The number of aryl methyl sites for hydroxylation is 1. The van der Waals surface area contributed by atoms with Gasteiger partial charge in [0.25, 0.3) is 0 Å². The minimum Gasteiger partial charge on any atom is -0.330 e. The minimum atomic E-state index is -3.45. The lowest BCUT2D eigenvalue weighted by molar-refractivity contribution is 0.339. The van der Waals surface area contributed by atoms with Crippen LogP contribution in [0.4, 0.5) is 0 Å². The van der Waals surface area contributed by atoms with Gasteiger partial charge in [-0.3, -0.25) is 4.68 Å². The zero-order chi connectivity index (χ0) is 15.9. The zero-order valence-corrected chi connectivity index (χ0v) is 14.1. The van der Waals surface area contributed by atoms with Crippen LogP contribution >= 0.6 is 0 Å². The maximum absolute atomic E-state index is 12.7. The van der Waals surface area contributed by atoms with Crippen LogP contribution in [0.5, 0.6) is 0 Å². The molecule has 0 aliphatic rings. The molecule has 0 fully saturated rings. The lowest BCUT2D eigenvalue weighted by Crippen LogP contribution is -2.35. The summed E-state index contributed by atoms with van der Waals surface area (Å²) in [7, 11) is -3.45. The van der Waals surface area contributed by atoms with E-state index in [9.17, 15) is 8.42 Å². The smallest absolute Gasteiger partial charge is 0.246 e. The molecule has 0 bridgehead atoms. The molecule has 0 atom stereocenters. The summed E-state index contributed by atoms with van der Waals surface area (Å²) in [5, 5.41) is 4.11. The van der Waals surface area contributed by atoms with Crippen LogP contribution in [0.1, 0.15) is 40.0 Å². The van der Waals surface area contributed by atoms with Crippen molar-refractivity contribution in [2.75, 3.05) is 19.6 Å². The maximum atomic E-state index is 12.7. The van der Waals surface area contributed by atoms with E-state index in [4.69, 9.17) is 5.73 Å². The summed E-state index contributed by atoms with van der Waals surface area (Å²) in [6, 6.07) is 0. The third-order valence-electron chi connectivity index (χ3n) is 3.81. The normalized spacial score (nSPS) is 12.5. The van der Waals surface area contributed by atoms with Gasteiger partial charge in [0, 0.05) is 25.8 Å². The predicted molar refractivity (Wildman–Crippen MR) is 84.4 cm³/mol. The van der Waals surface area contributed by atoms with E-state index in [1.54, 1.807) is 15.2 Å². The first kappa shape index (κ1) is 18.1. The van der Waals surface area contributed by atoms with Crippen LogP contribution in [0.2, 0.25) is 0 Å². The predicted octanol–water partition coefficient (Wildman–Crippen LogP) is 1.68. The maximum Gasteiger partial charge on any atom is 0.246 e. The molecule has 0 radical (unpaired) electrons. The van der Waals surface area contributed by atoms with Crippen molar-refractivity contribution in [2.24, 2.45) is 11.7 Å². The summed E-state index contributed by atoms with van der Waals surface area (Å²) in [5.74, 6) is 0.395.